The fourth-order valence-electron chi connectivity index (χ4n) is 2.76. The summed E-state index contributed by atoms with van der Waals surface area (Å²) in [7, 11) is 0. The first-order valence-electron chi connectivity index (χ1n) is 10.7. The van der Waals surface area contributed by atoms with Crippen LogP contribution in [0.1, 0.15) is 29.3 Å². The molecular weight excluding hydrogens is 292 g/mol. The van der Waals surface area contributed by atoms with Crippen LogP contribution in [0.3, 0.4) is 0 Å². The predicted molar refractivity (Wildman–Crippen MR) is 86.7 cm³/mol. The first-order valence-corrected chi connectivity index (χ1v) is 7.19. The number of carbonyl (C=O) groups excluding carboxylic acids is 1. The van der Waals surface area contributed by atoms with Crippen molar-refractivity contribution in [3.8, 4) is 6.07 Å². The van der Waals surface area contributed by atoms with E-state index in [-0.39, 0.29) is 37.4 Å². The van der Waals surface area contributed by atoms with Crippen LogP contribution in [0.2, 0.25) is 0 Å². The minimum absolute atomic E-state index is 0.0417. The van der Waals surface area contributed by atoms with Gasteiger partial charge in [0.25, 0.3) is 0 Å². The van der Waals surface area contributed by atoms with E-state index in [1.54, 1.807) is 12.1 Å². The van der Waals surface area contributed by atoms with E-state index >= 15 is 0 Å². The number of likely N-dealkylation sites (tertiary alicyclic amines) is 1. The number of carbonyl (C=O) groups is 1. The summed E-state index contributed by atoms with van der Waals surface area (Å²) in [5, 5.41) is 9.15. The van der Waals surface area contributed by atoms with E-state index in [1.165, 1.54) is 11.1 Å². The standard InChI is InChI=1S/C16H20N6O/c1-11-5-8-22(14(23)3-6-17)9-13(11)21(2)16-12-4-7-18-15(12)19-10-20-16/h4,7,10-11,13H,3,5,8-9H2,1-2H3,(H,18,19,20)/t11-,13-/m1/s1/i1D3,2D3,10D. The fourth-order valence-corrected chi connectivity index (χ4v) is 2.76. The SMILES string of the molecule is [2H]c1nc(N([C@@H]2CN(C(=O)CC#N)CC[C@H]2C([2H])([2H])[2H])C([2H])([2H])[2H])c2cc[nH]c2n1. The highest BCUT2D eigenvalue weighted by atomic mass is 16.2. The molecule has 1 fully saturated rings. The molecule has 120 valence electrons. The molecule has 1 saturated heterocycles. The van der Waals surface area contributed by atoms with Crippen molar-refractivity contribution in [2.75, 3.05) is 25.0 Å². The van der Waals surface area contributed by atoms with E-state index in [1.807, 2.05) is 0 Å². The van der Waals surface area contributed by atoms with Crippen LogP contribution in [-0.4, -0.2) is 51.9 Å². The quantitative estimate of drug-likeness (QED) is 0.927. The second-order valence-corrected chi connectivity index (χ2v) is 5.39. The summed E-state index contributed by atoms with van der Waals surface area (Å²) in [4.78, 5) is 25.2. The number of nitriles is 1. The zero-order valence-corrected chi connectivity index (χ0v) is 12.3. The van der Waals surface area contributed by atoms with Gasteiger partial charge in [-0.1, -0.05) is 6.85 Å². The van der Waals surface area contributed by atoms with Gasteiger partial charge in [0.05, 0.1) is 17.5 Å². The van der Waals surface area contributed by atoms with Gasteiger partial charge in [-0.3, -0.25) is 4.79 Å². The monoisotopic (exact) mass is 319 g/mol. The molecule has 23 heavy (non-hydrogen) atoms. The molecule has 1 aliphatic heterocycles. The molecule has 1 aliphatic rings. The molecule has 0 aliphatic carbocycles. The molecule has 0 unspecified atom stereocenters. The highest BCUT2D eigenvalue weighted by molar-refractivity contribution is 5.87. The molecular formula is C16H20N6O. The number of nitrogens with zero attached hydrogens (tertiary/aromatic N) is 5. The Morgan fingerprint density at radius 3 is 3.39 bits per heavy atom. The molecule has 0 aromatic carbocycles. The fraction of sp³-hybridized carbons (Fsp3) is 0.500. The number of anilines is 1. The van der Waals surface area contributed by atoms with Gasteiger partial charge < -0.3 is 14.8 Å². The molecule has 2 aromatic heterocycles. The largest absolute Gasteiger partial charge is 0.354 e. The lowest BCUT2D eigenvalue weighted by molar-refractivity contribution is -0.131. The molecule has 2 aromatic rings. The summed E-state index contributed by atoms with van der Waals surface area (Å²) < 4.78 is 55.9. The molecule has 7 nitrogen and oxygen atoms in total. The number of fused-ring (bicyclic) bond motifs is 1. The molecule has 3 heterocycles. The number of piperidine rings is 1. The first kappa shape index (κ1) is 8.87. The number of likely N-dealkylation sites (N-methyl/N-ethyl adjacent to an activating group) is 1. The molecule has 7 heteroatoms. The van der Waals surface area contributed by atoms with Crippen LogP contribution in [0.25, 0.3) is 11.0 Å². The number of nitrogens with one attached hydrogen (secondary N) is 1. The van der Waals surface area contributed by atoms with Gasteiger partial charge in [0, 0.05) is 34.5 Å². The van der Waals surface area contributed by atoms with Gasteiger partial charge in [0.1, 0.15) is 25.6 Å². The number of aromatic amines is 1. The van der Waals surface area contributed by atoms with Crippen LogP contribution in [0.15, 0.2) is 18.6 Å². The van der Waals surface area contributed by atoms with Crippen molar-refractivity contribution in [3.63, 3.8) is 0 Å². The zero-order chi connectivity index (χ0) is 22.3. The van der Waals surface area contributed by atoms with Gasteiger partial charge in [0.15, 0.2) is 0 Å². The van der Waals surface area contributed by atoms with Crippen LogP contribution < -0.4 is 4.90 Å². The molecule has 0 bridgehead atoms. The average Bonchev–Trinajstić information content (AvgIpc) is 3.08. The highest BCUT2D eigenvalue weighted by Crippen LogP contribution is 2.28. The first-order chi connectivity index (χ1) is 13.9. The van der Waals surface area contributed by atoms with Gasteiger partial charge in [-0.05, 0) is 18.4 Å². The molecule has 3 rings (SSSR count). The Kier molecular flexibility index (Phi) is 2.41. The summed E-state index contributed by atoms with van der Waals surface area (Å²) in [5.41, 5.74) is 0.248. The number of hydrogen-bond donors (Lipinski definition) is 1. The van der Waals surface area contributed by atoms with Crippen molar-refractivity contribution in [2.24, 2.45) is 5.92 Å². The second-order valence-electron chi connectivity index (χ2n) is 5.39. The zero-order valence-electron chi connectivity index (χ0n) is 19.3. The third-order valence-corrected chi connectivity index (χ3v) is 4.01. The molecule has 1 N–H and O–H groups in total. The average molecular weight is 319 g/mol. The Morgan fingerprint density at radius 1 is 1.70 bits per heavy atom. The van der Waals surface area contributed by atoms with Gasteiger partial charge in [-0.15, -0.1) is 0 Å². The van der Waals surface area contributed by atoms with Crippen molar-refractivity contribution in [1.82, 2.24) is 19.9 Å². The lowest BCUT2D eigenvalue weighted by atomic mass is 9.92. The third-order valence-electron chi connectivity index (χ3n) is 4.01. The number of hydrogen-bond acceptors (Lipinski definition) is 5. The van der Waals surface area contributed by atoms with Crippen LogP contribution in [0, 0.1) is 17.2 Å². The maximum atomic E-state index is 12.3. The predicted octanol–water partition coefficient (Wildman–Crippen LogP) is 1.54. The maximum absolute atomic E-state index is 12.3. The summed E-state index contributed by atoms with van der Waals surface area (Å²) in [6, 6.07) is 2.18. The van der Waals surface area contributed by atoms with Crippen molar-refractivity contribution in [2.45, 2.75) is 25.7 Å². The van der Waals surface area contributed by atoms with E-state index in [0.29, 0.717) is 5.39 Å². The Hall–Kier alpha value is -2.62. The number of aromatic nitrogens is 3. The normalized spacial score (nSPS) is 26.7. The van der Waals surface area contributed by atoms with Crippen molar-refractivity contribution >= 4 is 22.8 Å². The Morgan fingerprint density at radius 2 is 2.61 bits per heavy atom. The Balaban J connectivity index is 2.14. The van der Waals surface area contributed by atoms with Crippen molar-refractivity contribution in [3.05, 3.63) is 18.6 Å². The van der Waals surface area contributed by atoms with Crippen molar-refractivity contribution < 1.29 is 14.4 Å². The summed E-state index contributed by atoms with van der Waals surface area (Å²) in [5.74, 6) is -1.64. The Bertz CT molecular complexity index is 979. The van der Waals surface area contributed by atoms with Crippen LogP contribution >= 0.6 is 0 Å². The number of H-pyrrole nitrogens is 1. The van der Waals surface area contributed by atoms with Gasteiger partial charge in [-0.2, -0.15) is 5.26 Å². The molecule has 0 saturated carbocycles. The summed E-state index contributed by atoms with van der Waals surface area (Å²) in [6.07, 6.45) is 0.754. The van der Waals surface area contributed by atoms with E-state index in [2.05, 4.69) is 15.0 Å². The maximum Gasteiger partial charge on any atom is 0.236 e. The molecule has 2 atom stereocenters. The van der Waals surface area contributed by atoms with Crippen LogP contribution in [0.4, 0.5) is 5.82 Å². The topological polar surface area (TPSA) is 88.9 Å². The summed E-state index contributed by atoms with van der Waals surface area (Å²) in [6.45, 7) is -5.36. The smallest absolute Gasteiger partial charge is 0.236 e. The summed E-state index contributed by atoms with van der Waals surface area (Å²) >= 11 is 0. The molecule has 0 radical (unpaired) electrons. The van der Waals surface area contributed by atoms with Crippen LogP contribution in [-0.2, 0) is 4.79 Å². The van der Waals surface area contributed by atoms with E-state index in [9.17, 15) is 4.79 Å². The molecule has 1 amide bonds. The van der Waals surface area contributed by atoms with Gasteiger partial charge in [0.2, 0.25) is 5.91 Å². The Labute approximate surface area is 144 Å². The lowest BCUT2D eigenvalue weighted by Gasteiger charge is -2.42. The van der Waals surface area contributed by atoms with Gasteiger partial charge >= 0.3 is 0 Å². The minimum atomic E-state index is -2.81. The molecule has 0 spiro atoms. The lowest BCUT2D eigenvalue weighted by Crippen LogP contribution is -2.52. The van der Waals surface area contributed by atoms with E-state index in [0.717, 1.165) is 4.90 Å². The number of amides is 1. The third kappa shape index (κ3) is 2.84. The number of rotatable bonds is 3. The van der Waals surface area contributed by atoms with E-state index in [4.69, 9.17) is 14.9 Å². The minimum Gasteiger partial charge on any atom is -0.354 e. The van der Waals surface area contributed by atoms with E-state index < -0.39 is 38.0 Å². The van der Waals surface area contributed by atoms with Crippen LogP contribution in [0.5, 0.6) is 0 Å². The second kappa shape index (κ2) is 6.24. The highest BCUT2D eigenvalue weighted by Gasteiger charge is 2.32. The van der Waals surface area contributed by atoms with Gasteiger partial charge in [-0.25, -0.2) is 9.97 Å². The van der Waals surface area contributed by atoms with Crippen molar-refractivity contribution in [1.29, 1.82) is 5.26 Å².